The molecule has 0 unspecified atom stereocenters. The summed E-state index contributed by atoms with van der Waals surface area (Å²) < 4.78 is 68.7. The Bertz CT molecular complexity index is 644. The fraction of sp³-hybridized carbons (Fsp3) is 0.385. The first-order valence-corrected chi connectivity index (χ1v) is 5.23. The van der Waals surface area contributed by atoms with E-state index in [0.717, 1.165) is 12.1 Å². The Labute approximate surface area is 123 Å². The van der Waals surface area contributed by atoms with Crippen molar-refractivity contribution in [3.63, 3.8) is 0 Å². The van der Waals surface area contributed by atoms with E-state index in [4.69, 9.17) is 12.3 Å². The molecule has 3 nitrogen and oxygen atoms in total. The van der Waals surface area contributed by atoms with Gasteiger partial charge < -0.3 is 0 Å². The fourth-order valence-corrected chi connectivity index (χ4v) is 1.70. The maximum absolute atomic E-state index is 11.0. The van der Waals surface area contributed by atoms with E-state index in [1.54, 1.807) is 0 Å². The summed E-state index contributed by atoms with van der Waals surface area (Å²) in [4.78, 5) is 10.2. The van der Waals surface area contributed by atoms with Crippen LogP contribution in [0.3, 0.4) is 0 Å². The molecule has 0 spiro atoms. The van der Waals surface area contributed by atoms with Crippen LogP contribution >= 0.6 is 15.9 Å². The normalized spacial score (nSPS) is 20.5. The van der Waals surface area contributed by atoms with Crippen LogP contribution in [0.25, 0.3) is 0 Å². The van der Waals surface area contributed by atoms with E-state index < -0.39 is 42.1 Å². The third kappa shape index (κ3) is 3.97. The SMILES string of the molecule is C=C.[2H]C([2H])([2H])C(c1cc(Br)c([N+](=O)[O-])cc1C)(C([2H])([2H])[2H])C([2H])([2H])[2H]. The van der Waals surface area contributed by atoms with Crippen molar-refractivity contribution in [2.75, 3.05) is 0 Å². The Hall–Kier alpha value is -1.16. The molecular weight excluding hydrogens is 282 g/mol. The highest BCUT2D eigenvalue weighted by Crippen LogP contribution is 2.33. The minimum Gasteiger partial charge on any atom is -0.258 e. The van der Waals surface area contributed by atoms with Gasteiger partial charge in [0.15, 0.2) is 0 Å². The molecule has 0 aliphatic heterocycles. The summed E-state index contributed by atoms with van der Waals surface area (Å²) in [5, 5.41) is 11.0. The number of hydrogen-bond donors (Lipinski definition) is 0. The average Bonchev–Trinajstić information content (AvgIpc) is 2.39. The molecule has 0 bridgehead atoms. The number of nitro groups is 1. The summed E-state index contributed by atoms with van der Waals surface area (Å²) >= 11 is 2.88. The molecule has 0 amide bonds. The molecular formula is C13H18BrNO2. The van der Waals surface area contributed by atoms with Crippen molar-refractivity contribution in [3.8, 4) is 0 Å². The largest absolute Gasteiger partial charge is 0.283 e. The van der Waals surface area contributed by atoms with Crippen molar-refractivity contribution in [1.82, 2.24) is 0 Å². The van der Waals surface area contributed by atoms with Crippen molar-refractivity contribution >= 4 is 21.6 Å². The highest BCUT2D eigenvalue weighted by molar-refractivity contribution is 9.10. The van der Waals surface area contributed by atoms with E-state index in [2.05, 4.69) is 29.1 Å². The molecule has 17 heavy (non-hydrogen) atoms. The van der Waals surface area contributed by atoms with E-state index in [0.29, 0.717) is 0 Å². The van der Waals surface area contributed by atoms with Gasteiger partial charge in [0.1, 0.15) is 0 Å². The Morgan fingerprint density at radius 2 is 1.94 bits per heavy atom. The van der Waals surface area contributed by atoms with Crippen molar-refractivity contribution in [1.29, 1.82) is 0 Å². The van der Waals surface area contributed by atoms with E-state index in [1.165, 1.54) is 6.92 Å². The molecule has 0 heterocycles. The topological polar surface area (TPSA) is 43.1 Å². The van der Waals surface area contributed by atoms with E-state index in [9.17, 15) is 10.1 Å². The first kappa shape index (κ1) is 6.14. The zero-order chi connectivity index (χ0) is 21.3. The molecule has 4 heteroatoms. The van der Waals surface area contributed by atoms with E-state index >= 15 is 0 Å². The van der Waals surface area contributed by atoms with Gasteiger partial charge in [0.25, 0.3) is 5.69 Å². The van der Waals surface area contributed by atoms with Crippen LogP contribution in [0.15, 0.2) is 29.8 Å². The number of benzene rings is 1. The lowest BCUT2D eigenvalue weighted by Gasteiger charge is -2.21. The lowest BCUT2D eigenvalue weighted by Crippen LogP contribution is -2.13. The van der Waals surface area contributed by atoms with E-state index in [-0.39, 0.29) is 10.0 Å². The Kier molecular flexibility index (Phi) is 2.15. The van der Waals surface area contributed by atoms with Gasteiger partial charge in [-0.15, -0.1) is 13.2 Å². The van der Waals surface area contributed by atoms with Crippen LogP contribution in [0.1, 0.15) is 44.0 Å². The van der Waals surface area contributed by atoms with Gasteiger partial charge in [0, 0.05) is 18.4 Å². The molecule has 0 aliphatic rings. The number of nitrogens with zero attached hydrogens (tertiary/aromatic N) is 1. The van der Waals surface area contributed by atoms with Gasteiger partial charge in [0.05, 0.1) is 9.40 Å². The lowest BCUT2D eigenvalue weighted by molar-refractivity contribution is -0.385. The summed E-state index contributed by atoms with van der Waals surface area (Å²) in [5.74, 6) is 0. The highest BCUT2D eigenvalue weighted by atomic mass is 79.9. The fourth-order valence-electron chi connectivity index (χ4n) is 1.21. The van der Waals surface area contributed by atoms with Crippen LogP contribution in [0, 0.1) is 17.0 Å². The quantitative estimate of drug-likeness (QED) is 0.426. The molecule has 1 aromatic carbocycles. The second-order valence-corrected chi connectivity index (χ2v) is 3.98. The van der Waals surface area contributed by atoms with Gasteiger partial charge in [0.2, 0.25) is 0 Å². The van der Waals surface area contributed by atoms with Gasteiger partial charge in [-0.3, -0.25) is 10.1 Å². The van der Waals surface area contributed by atoms with Crippen LogP contribution in [0.2, 0.25) is 0 Å². The molecule has 0 N–H and O–H groups in total. The summed E-state index contributed by atoms with van der Waals surface area (Å²) in [6.07, 6.45) is 0. The second-order valence-electron chi connectivity index (χ2n) is 3.13. The van der Waals surface area contributed by atoms with Gasteiger partial charge in [-0.1, -0.05) is 20.6 Å². The number of nitro benzene ring substituents is 1. The van der Waals surface area contributed by atoms with Crippen LogP contribution < -0.4 is 0 Å². The maximum atomic E-state index is 11.0. The number of halogens is 1. The predicted molar refractivity (Wildman–Crippen MR) is 75.5 cm³/mol. The highest BCUT2D eigenvalue weighted by Gasteiger charge is 2.21. The average molecular weight is 309 g/mol. The molecule has 94 valence electrons. The van der Waals surface area contributed by atoms with Crippen molar-refractivity contribution < 1.29 is 17.3 Å². The Morgan fingerprint density at radius 3 is 2.35 bits per heavy atom. The summed E-state index contributed by atoms with van der Waals surface area (Å²) in [6.45, 7) is -3.00. The summed E-state index contributed by atoms with van der Waals surface area (Å²) in [6, 6.07) is 1.86. The van der Waals surface area contributed by atoms with Gasteiger partial charge >= 0.3 is 0 Å². The van der Waals surface area contributed by atoms with Gasteiger partial charge in [-0.2, -0.15) is 0 Å². The maximum Gasteiger partial charge on any atom is 0.283 e. The number of aryl methyl sites for hydroxylation is 1. The third-order valence-corrected chi connectivity index (χ3v) is 2.53. The number of hydrogen-bond acceptors (Lipinski definition) is 2. The summed E-state index contributed by atoms with van der Waals surface area (Å²) in [5.41, 5.74) is -4.21. The van der Waals surface area contributed by atoms with Gasteiger partial charge in [-0.25, -0.2) is 0 Å². The molecule has 0 atom stereocenters. The van der Waals surface area contributed by atoms with Crippen LogP contribution in [-0.2, 0) is 5.41 Å². The minimum absolute atomic E-state index is 0.103. The van der Waals surface area contributed by atoms with Crippen LogP contribution in [0.4, 0.5) is 5.69 Å². The Balaban J connectivity index is 0.00000301. The first-order chi connectivity index (χ1) is 11.5. The molecule has 0 saturated heterocycles. The molecule has 1 aromatic rings. The lowest BCUT2D eigenvalue weighted by atomic mass is 9.84. The third-order valence-electron chi connectivity index (χ3n) is 1.89. The minimum atomic E-state index is -3.41. The predicted octanol–water partition coefficient (Wildman–Crippen LogP) is 4.77. The first-order valence-electron chi connectivity index (χ1n) is 8.93. The zero-order valence-electron chi connectivity index (χ0n) is 18.2. The molecule has 0 fully saturated rings. The van der Waals surface area contributed by atoms with Crippen LogP contribution in [-0.4, -0.2) is 4.92 Å². The summed E-state index contributed by atoms with van der Waals surface area (Å²) in [7, 11) is 0. The number of rotatable bonds is 1. The van der Waals surface area contributed by atoms with Crippen molar-refractivity contribution in [3.05, 3.63) is 51.0 Å². The zero-order valence-corrected chi connectivity index (χ0v) is 10.8. The van der Waals surface area contributed by atoms with Crippen molar-refractivity contribution in [2.45, 2.75) is 32.9 Å². The smallest absolute Gasteiger partial charge is 0.258 e. The second kappa shape index (κ2) is 5.96. The van der Waals surface area contributed by atoms with Crippen molar-refractivity contribution in [2.24, 2.45) is 0 Å². The molecule has 1 rings (SSSR count). The molecule has 0 saturated carbocycles. The van der Waals surface area contributed by atoms with Gasteiger partial charge in [-0.05, 0) is 45.5 Å². The van der Waals surface area contributed by atoms with Crippen LogP contribution in [0.5, 0.6) is 0 Å². The Morgan fingerprint density at radius 1 is 1.41 bits per heavy atom. The molecule has 0 aromatic heterocycles. The molecule has 0 aliphatic carbocycles. The molecule has 0 radical (unpaired) electrons. The monoisotopic (exact) mass is 308 g/mol. The van der Waals surface area contributed by atoms with E-state index in [1.807, 2.05) is 0 Å². The standard InChI is InChI=1S/C11H14BrNO2.C2H4/c1-7-5-10(13(14)15)9(12)6-8(7)11(2,3)4;1-2/h5-6H,1-4H3;1-2H2/i2D3,3D3,4D3;.